The van der Waals surface area contributed by atoms with E-state index in [1.165, 1.54) is 5.56 Å². The monoisotopic (exact) mass is 388 g/mol. The van der Waals surface area contributed by atoms with Crippen molar-refractivity contribution in [3.05, 3.63) is 78.2 Å². The van der Waals surface area contributed by atoms with Crippen molar-refractivity contribution in [1.82, 2.24) is 20.3 Å². The zero-order valence-corrected chi connectivity index (χ0v) is 16.4. The Kier molecular flexibility index (Phi) is 5.91. The smallest absolute Gasteiger partial charge is 0.217 e. The highest BCUT2D eigenvalue weighted by atomic mass is 16.5. The van der Waals surface area contributed by atoms with E-state index in [1.807, 2.05) is 36.4 Å². The number of amides is 1. The quantitative estimate of drug-likeness (QED) is 0.724. The molecule has 6 nitrogen and oxygen atoms in total. The summed E-state index contributed by atoms with van der Waals surface area (Å²) < 4.78 is 6.39. The number of hydrogen-bond donors (Lipinski definition) is 1. The van der Waals surface area contributed by atoms with Crippen LogP contribution in [0.2, 0.25) is 0 Å². The molecule has 148 valence electrons. The number of aromatic nitrogens is 3. The Hall–Kier alpha value is -3.12. The molecule has 1 amide bonds. The summed E-state index contributed by atoms with van der Waals surface area (Å²) in [7, 11) is 0. The van der Waals surface area contributed by atoms with Crippen molar-refractivity contribution in [3.8, 4) is 11.5 Å². The molecule has 4 rings (SSSR count). The summed E-state index contributed by atoms with van der Waals surface area (Å²) in [5, 5.41) is 3.06. The van der Waals surface area contributed by atoms with E-state index in [1.54, 1.807) is 25.5 Å². The Labute approximate surface area is 170 Å². The zero-order chi connectivity index (χ0) is 20.1. The summed E-state index contributed by atoms with van der Waals surface area (Å²) in [5.74, 6) is 0.570. The molecule has 3 atom stereocenters. The first-order valence-electron chi connectivity index (χ1n) is 9.87. The summed E-state index contributed by atoms with van der Waals surface area (Å²) >= 11 is 0. The molecule has 1 fully saturated rings. The third kappa shape index (κ3) is 5.03. The summed E-state index contributed by atoms with van der Waals surface area (Å²) in [6, 6.07) is 16.0. The van der Waals surface area contributed by atoms with Gasteiger partial charge in [0, 0.05) is 37.1 Å². The van der Waals surface area contributed by atoms with Gasteiger partial charge in [0.15, 0.2) is 5.82 Å². The molecule has 3 heterocycles. The fourth-order valence-corrected chi connectivity index (χ4v) is 3.78. The van der Waals surface area contributed by atoms with Gasteiger partial charge in [-0.1, -0.05) is 36.4 Å². The molecule has 0 bridgehead atoms. The van der Waals surface area contributed by atoms with Crippen LogP contribution in [0.15, 0.2) is 67.1 Å². The average Bonchev–Trinajstić information content (AvgIpc) is 2.75. The van der Waals surface area contributed by atoms with Crippen molar-refractivity contribution in [1.29, 1.82) is 0 Å². The molecule has 6 heteroatoms. The lowest BCUT2D eigenvalue weighted by atomic mass is 9.92. The molecule has 0 aliphatic carbocycles. The van der Waals surface area contributed by atoms with Gasteiger partial charge in [0.2, 0.25) is 5.91 Å². The number of benzene rings is 1. The largest absolute Gasteiger partial charge is 0.370 e. The van der Waals surface area contributed by atoms with Crippen molar-refractivity contribution in [2.24, 2.45) is 0 Å². The molecular weight excluding hydrogens is 364 g/mol. The summed E-state index contributed by atoms with van der Waals surface area (Å²) in [4.78, 5) is 24.9. The molecule has 1 aliphatic heterocycles. The number of pyridine rings is 1. The second kappa shape index (κ2) is 8.92. The molecule has 2 aromatic heterocycles. The minimum absolute atomic E-state index is 0.0171. The number of nitrogens with zero attached hydrogens (tertiary/aromatic N) is 3. The van der Waals surface area contributed by atoms with E-state index >= 15 is 0 Å². The lowest BCUT2D eigenvalue weighted by Gasteiger charge is -2.36. The number of rotatable bonds is 5. The molecule has 3 aromatic rings. The Morgan fingerprint density at radius 1 is 1.03 bits per heavy atom. The molecular formula is C23H24N4O2. The van der Waals surface area contributed by atoms with Crippen LogP contribution >= 0.6 is 0 Å². The van der Waals surface area contributed by atoms with Gasteiger partial charge >= 0.3 is 0 Å². The highest BCUT2D eigenvalue weighted by Crippen LogP contribution is 2.32. The van der Waals surface area contributed by atoms with E-state index in [2.05, 4.69) is 32.4 Å². The van der Waals surface area contributed by atoms with Crippen molar-refractivity contribution in [3.63, 3.8) is 0 Å². The Morgan fingerprint density at radius 3 is 2.48 bits per heavy atom. The molecule has 29 heavy (non-hydrogen) atoms. The lowest BCUT2D eigenvalue weighted by Crippen LogP contribution is -2.42. The lowest BCUT2D eigenvalue weighted by molar-refractivity contribution is -0.122. The molecule has 0 unspecified atom stereocenters. The van der Waals surface area contributed by atoms with E-state index in [0.717, 1.165) is 24.1 Å². The van der Waals surface area contributed by atoms with Gasteiger partial charge in [-0.3, -0.25) is 9.78 Å². The topological polar surface area (TPSA) is 77.0 Å². The van der Waals surface area contributed by atoms with Gasteiger partial charge in [-0.2, -0.15) is 0 Å². The van der Waals surface area contributed by atoms with Crippen molar-refractivity contribution in [2.75, 3.05) is 0 Å². The predicted octanol–water partition coefficient (Wildman–Crippen LogP) is 3.51. The van der Waals surface area contributed by atoms with E-state index < -0.39 is 0 Å². The van der Waals surface area contributed by atoms with Gasteiger partial charge in [-0.15, -0.1) is 0 Å². The number of carbonyl (C=O) groups is 1. The SMILES string of the molecule is CC(=O)N[C@H]1C[C@@H](Cc2ccccc2)O[C@@H](c2cnc(-c3ccccn3)nc2)C1. The van der Waals surface area contributed by atoms with Crippen LogP contribution in [0.3, 0.4) is 0 Å². The van der Waals surface area contributed by atoms with Crippen LogP contribution in [0, 0.1) is 0 Å². The van der Waals surface area contributed by atoms with Crippen LogP contribution < -0.4 is 5.32 Å². The number of nitrogens with one attached hydrogen (secondary N) is 1. The van der Waals surface area contributed by atoms with Crippen molar-refractivity contribution in [2.45, 2.75) is 44.4 Å². The Morgan fingerprint density at radius 2 is 1.79 bits per heavy atom. The maximum absolute atomic E-state index is 11.6. The van der Waals surface area contributed by atoms with Crippen molar-refractivity contribution >= 4 is 5.91 Å². The molecule has 1 saturated heterocycles. The van der Waals surface area contributed by atoms with Gasteiger partial charge in [0.25, 0.3) is 0 Å². The van der Waals surface area contributed by atoms with Crippen LogP contribution in [0.4, 0.5) is 0 Å². The number of hydrogen-bond acceptors (Lipinski definition) is 5. The van der Waals surface area contributed by atoms with E-state index in [4.69, 9.17) is 4.74 Å². The van der Waals surface area contributed by atoms with Gasteiger partial charge in [-0.25, -0.2) is 9.97 Å². The minimum atomic E-state index is -0.160. The Bertz CT molecular complexity index is 932. The molecule has 0 spiro atoms. The number of ether oxygens (including phenoxy) is 1. The summed E-state index contributed by atoms with van der Waals surface area (Å²) in [6.45, 7) is 1.56. The fourth-order valence-electron chi connectivity index (χ4n) is 3.78. The third-order valence-electron chi connectivity index (χ3n) is 5.05. The zero-order valence-electron chi connectivity index (χ0n) is 16.4. The standard InChI is InChI=1S/C23H24N4O2/c1-16(28)27-19-12-20(11-17-7-3-2-4-8-17)29-22(13-19)18-14-25-23(26-15-18)21-9-5-6-10-24-21/h2-10,14-15,19-20,22H,11-13H2,1H3,(H,27,28)/t19-,20+,22+/m0/s1. The fraction of sp³-hybridized carbons (Fsp3) is 0.304. The van der Waals surface area contributed by atoms with Crippen LogP contribution in [-0.2, 0) is 16.0 Å². The second-order valence-electron chi connectivity index (χ2n) is 7.36. The van der Waals surface area contributed by atoms with E-state index in [-0.39, 0.29) is 24.2 Å². The van der Waals surface area contributed by atoms with Crippen LogP contribution in [0.1, 0.15) is 37.0 Å². The second-order valence-corrected chi connectivity index (χ2v) is 7.36. The summed E-state index contributed by atoms with van der Waals surface area (Å²) in [6.07, 6.45) is 7.49. The first-order valence-corrected chi connectivity index (χ1v) is 9.87. The van der Waals surface area contributed by atoms with Gasteiger partial charge in [0.05, 0.1) is 12.2 Å². The van der Waals surface area contributed by atoms with E-state index in [9.17, 15) is 4.79 Å². The van der Waals surface area contributed by atoms with Gasteiger partial charge in [0.1, 0.15) is 5.69 Å². The third-order valence-corrected chi connectivity index (χ3v) is 5.05. The molecule has 1 N–H and O–H groups in total. The van der Waals surface area contributed by atoms with Crippen molar-refractivity contribution < 1.29 is 9.53 Å². The molecule has 1 aromatic carbocycles. The molecule has 0 saturated carbocycles. The normalized spacial score (nSPS) is 21.5. The van der Waals surface area contributed by atoms with Crippen LogP contribution in [0.25, 0.3) is 11.5 Å². The number of carbonyl (C=O) groups excluding carboxylic acids is 1. The average molecular weight is 388 g/mol. The van der Waals surface area contributed by atoms with E-state index in [0.29, 0.717) is 12.2 Å². The minimum Gasteiger partial charge on any atom is -0.370 e. The molecule has 1 aliphatic rings. The van der Waals surface area contributed by atoms with Gasteiger partial charge < -0.3 is 10.1 Å². The maximum atomic E-state index is 11.6. The first-order chi connectivity index (χ1) is 14.2. The Balaban J connectivity index is 1.52. The van der Waals surface area contributed by atoms with Gasteiger partial charge in [-0.05, 0) is 37.0 Å². The molecule has 0 radical (unpaired) electrons. The van der Waals surface area contributed by atoms with Crippen LogP contribution in [0.5, 0.6) is 0 Å². The first kappa shape index (κ1) is 19.2. The highest BCUT2D eigenvalue weighted by molar-refractivity contribution is 5.73. The highest BCUT2D eigenvalue weighted by Gasteiger charge is 2.31. The maximum Gasteiger partial charge on any atom is 0.217 e. The predicted molar refractivity (Wildman–Crippen MR) is 110 cm³/mol. The van der Waals surface area contributed by atoms with Crippen LogP contribution in [-0.4, -0.2) is 33.0 Å². The summed E-state index contributed by atoms with van der Waals surface area (Å²) in [5.41, 5.74) is 2.88.